The Morgan fingerprint density at radius 3 is 2.86 bits per heavy atom. The normalized spacial score (nSPS) is 10.7. The van der Waals surface area contributed by atoms with Gasteiger partial charge in [-0.2, -0.15) is 0 Å². The predicted octanol–water partition coefficient (Wildman–Crippen LogP) is 3.24. The molecule has 0 aliphatic carbocycles. The molecule has 0 bridgehead atoms. The minimum atomic E-state index is -0.203. The van der Waals surface area contributed by atoms with Crippen molar-refractivity contribution in [2.24, 2.45) is 0 Å². The van der Waals surface area contributed by atoms with Crippen LogP contribution in [0.25, 0.3) is 10.9 Å². The lowest BCUT2D eigenvalue weighted by molar-refractivity contribution is -0.145. The van der Waals surface area contributed by atoms with E-state index in [0.29, 0.717) is 12.8 Å². The summed E-state index contributed by atoms with van der Waals surface area (Å²) in [5, 5.41) is 1.16. The standard InChI is InChI=1S/C17H16N2O2/c20-17(21-12-14-5-3-4-10-18-14)9-8-13-11-19-16-7-2-1-6-15(13)16/h1-7,10-11,19H,8-9,12H2. The number of pyridine rings is 1. The number of hydrogen-bond acceptors (Lipinski definition) is 3. The van der Waals surface area contributed by atoms with Gasteiger partial charge in [0.15, 0.2) is 0 Å². The van der Waals surface area contributed by atoms with Crippen LogP contribution >= 0.6 is 0 Å². The highest BCUT2D eigenvalue weighted by atomic mass is 16.5. The van der Waals surface area contributed by atoms with Crippen molar-refractivity contribution in [2.45, 2.75) is 19.4 Å². The van der Waals surface area contributed by atoms with Crippen molar-refractivity contribution in [2.75, 3.05) is 0 Å². The molecule has 2 heterocycles. The molecule has 0 aliphatic rings. The fourth-order valence-corrected chi connectivity index (χ4v) is 2.29. The minimum Gasteiger partial charge on any atom is -0.459 e. The number of benzene rings is 1. The van der Waals surface area contributed by atoms with Crippen LogP contribution in [0.2, 0.25) is 0 Å². The summed E-state index contributed by atoms with van der Waals surface area (Å²) in [6.07, 6.45) is 4.69. The molecule has 4 heteroatoms. The van der Waals surface area contributed by atoms with Gasteiger partial charge in [0.2, 0.25) is 0 Å². The van der Waals surface area contributed by atoms with Crippen LogP contribution in [-0.2, 0) is 22.6 Å². The largest absolute Gasteiger partial charge is 0.459 e. The van der Waals surface area contributed by atoms with E-state index in [-0.39, 0.29) is 12.6 Å². The molecule has 0 spiro atoms. The van der Waals surface area contributed by atoms with Crippen LogP contribution in [0, 0.1) is 0 Å². The zero-order valence-electron chi connectivity index (χ0n) is 11.6. The Morgan fingerprint density at radius 2 is 2.00 bits per heavy atom. The Bertz CT molecular complexity index is 735. The van der Waals surface area contributed by atoms with E-state index in [0.717, 1.165) is 22.2 Å². The van der Waals surface area contributed by atoms with E-state index >= 15 is 0 Å². The van der Waals surface area contributed by atoms with Gasteiger partial charge in [0.1, 0.15) is 6.61 Å². The van der Waals surface area contributed by atoms with Crippen molar-refractivity contribution in [3.63, 3.8) is 0 Å². The molecule has 2 aromatic heterocycles. The highest BCUT2D eigenvalue weighted by Crippen LogP contribution is 2.19. The summed E-state index contributed by atoms with van der Waals surface area (Å²) in [5.41, 5.74) is 2.99. The van der Waals surface area contributed by atoms with E-state index in [1.807, 2.05) is 42.6 Å². The summed E-state index contributed by atoms with van der Waals surface area (Å²) in [7, 11) is 0. The van der Waals surface area contributed by atoms with Gasteiger partial charge in [0.25, 0.3) is 0 Å². The molecule has 0 fully saturated rings. The number of aromatic amines is 1. The lowest BCUT2D eigenvalue weighted by Crippen LogP contribution is -2.06. The van der Waals surface area contributed by atoms with E-state index in [4.69, 9.17) is 4.74 Å². The van der Waals surface area contributed by atoms with E-state index < -0.39 is 0 Å². The quantitative estimate of drug-likeness (QED) is 0.730. The fourth-order valence-electron chi connectivity index (χ4n) is 2.29. The number of hydrogen-bond donors (Lipinski definition) is 1. The third kappa shape index (κ3) is 3.28. The van der Waals surface area contributed by atoms with Crippen LogP contribution < -0.4 is 0 Å². The Morgan fingerprint density at radius 1 is 1.14 bits per heavy atom. The van der Waals surface area contributed by atoms with Crippen LogP contribution in [-0.4, -0.2) is 15.9 Å². The molecular weight excluding hydrogens is 264 g/mol. The van der Waals surface area contributed by atoms with Crippen LogP contribution in [0.4, 0.5) is 0 Å². The highest BCUT2D eigenvalue weighted by Gasteiger charge is 2.08. The number of aryl methyl sites for hydroxylation is 1. The molecule has 0 saturated carbocycles. The third-order valence-electron chi connectivity index (χ3n) is 3.38. The van der Waals surface area contributed by atoms with Gasteiger partial charge in [-0.3, -0.25) is 9.78 Å². The molecule has 3 rings (SSSR count). The second-order valence-electron chi connectivity index (χ2n) is 4.84. The molecule has 0 atom stereocenters. The first-order valence-electron chi connectivity index (χ1n) is 6.93. The van der Waals surface area contributed by atoms with Crippen LogP contribution in [0.3, 0.4) is 0 Å². The number of esters is 1. The first kappa shape index (κ1) is 13.4. The monoisotopic (exact) mass is 280 g/mol. The third-order valence-corrected chi connectivity index (χ3v) is 3.38. The SMILES string of the molecule is O=C(CCc1c[nH]c2ccccc12)OCc1ccccn1. The van der Waals surface area contributed by atoms with Gasteiger partial charge < -0.3 is 9.72 Å². The van der Waals surface area contributed by atoms with Crippen molar-refractivity contribution in [1.82, 2.24) is 9.97 Å². The molecule has 21 heavy (non-hydrogen) atoms. The molecular formula is C17H16N2O2. The van der Waals surface area contributed by atoms with Gasteiger partial charge in [-0.25, -0.2) is 0 Å². The molecule has 0 aliphatic heterocycles. The second-order valence-corrected chi connectivity index (χ2v) is 4.84. The number of para-hydroxylation sites is 1. The number of carbonyl (C=O) groups excluding carboxylic acids is 1. The number of aromatic nitrogens is 2. The Kier molecular flexibility index (Phi) is 3.96. The summed E-state index contributed by atoms with van der Waals surface area (Å²) in [6, 6.07) is 13.6. The Labute approximate surface area is 122 Å². The summed E-state index contributed by atoms with van der Waals surface area (Å²) in [5.74, 6) is -0.203. The summed E-state index contributed by atoms with van der Waals surface area (Å²) in [6.45, 7) is 0.230. The number of rotatable bonds is 5. The zero-order chi connectivity index (χ0) is 14.5. The maximum absolute atomic E-state index is 11.8. The lowest BCUT2D eigenvalue weighted by Gasteiger charge is -2.04. The van der Waals surface area contributed by atoms with Crippen molar-refractivity contribution in [1.29, 1.82) is 0 Å². The van der Waals surface area contributed by atoms with Gasteiger partial charge >= 0.3 is 5.97 Å². The topological polar surface area (TPSA) is 55.0 Å². The molecule has 0 saturated heterocycles. The van der Waals surface area contributed by atoms with Gasteiger partial charge in [-0.1, -0.05) is 24.3 Å². The van der Waals surface area contributed by atoms with Crippen molar-refractivity contribution >= 4 is 16.9 Å². The zero-order valence-corrected chi connectivity index (χ0v) is 11.6. The highest BCUT2D eigenvalue weighted by molar-refractivity contribution is 5.83. The molecule has 1 aromatic carbocycles. The van der Waals surface area contributed by atoms with Crippen molar-refractivity contribution < 1.29 is 9.53 Å². The molecule has 1 N–H and O–H groups in total. The van der Waals surface area contributed by atoms with E-state index in [9.17, 15) is 4.79 Å². The number of nitrogens with one attached hydrogen (secondary N) is 1. The molecule has 0 radical (unpaired) electrons. The number of fused-ring (bicyclic) bond motifs is 1. The average Bonchev–Trinajstić information content (AvgIpc) is 2.95. The van der Waals surface area contributed by atoms with Crippen molar-refractivity contribution in [3.8, 4) is 0 Å². The number of carbonyl (C=O) groups is 1. The van der Waals surface area contributed by atoms with Gasteiger partial charge in [-0.15, -0.1) is 0 Å². The maximum atomic E-state index is 11.8. The van der Waals surface area contributed by atoms with Crippen LogP contribution in [0.15, 0.2) is 54.9 Å². The van der Waals surface area contributed by atoms with Crippen LogP contribution in [0.1, 0.15) is 17.7 Å². The molecule has 3 aromatic rings. The van der Waals surface area contributed by atoms with Crippen LogP contribution in [0.5, 0.6) is 0 Å². The lowest BCUT2D eigenvalue weighted by atomic mass is 10.1. The van der Waals surface area contributed by atoms with Gasteiger partial charge in [-0.05, 0) is 30.2 Å². The Balaban J connectivity index is 1.54. The smallest absolute Gasteiger partial charge is 0.306 e. The average molecular weight is 280 g/mol. The fraction of sp³-hybridized carbons (Fsp3) is 0.176. The number of ether oxygens (including phenoxy) is 1. The first-order chi connectivity index (χ1) is 10.3. The Hall–Kier alpha value is -2.62. The molecule has 106 valence electrons. The maximum Gasteiger partial charge on any atom is 0.306 e. The van der Waals surface area contributed by atoms with E-state index in [1.165, 1.54) is 0 Å². The van der Waals surface area contributed by atoms with Gasteiger partial charge in [0.05, 0.1) is 5.69 Å². The number of H-pyrrole nitrogens is 1. The summed E-state index contributed by atoms with van der Waals surface area (Å²) >= 11 is 0. The molecule has 0 unspecified atom stereocenters. The predicted molar refractivity (Wildman–Crippen MR) is 80.7 cm³/mol. The van der Waals surface area contributed by atoms with E-state index in [1.54, 1.807) is 6.20 Å². The van der Waals surface area contributed by atoms with Gasteiger partial charge in [0, 0.05) is 29.7 Å². The molecule has 0 amide bonds. The van der Waals surface area contributed by atoms with E-state index in [2.05, 4.69) is 16.0 Å². The van der Waals surface area contributed by atoms with Crippen molar-refractivity contribution in [3.05, 3.63) is 66.1 Å². The first-order valence-corrected chi connectivity index (χ1v) is 6.93. The molecule has 4 nitrogen and oxygen atoms in total. The second kappa shape index (κ2) is 6.22. The number of nitrogens with zero attached hydrogens (tertiary/aromatic N) is 1. The summed E-state index contributed by atoms with van der Waals surface area (Å²) < 4.78 is 5.23. The minimum absolute atomic E-state index is 0.203. The summed E-state index contributed by atoms with van der Waals surface area (Å²) in [4.78, 5) is 19.1.